The highest BCUT2D eigenvalue weighted by molar-refractivity contribution is 6.11. The first-order valence-electron chi connectivity index (χ1n) is 9.05. The number of carbonyl (C=O) groups excluding carboxylic acids is 2. The third-order valence-electron chi connectivity index (χ3n) is 5.13. The molecule has 0 unspecified atom stereocenters. The van der Waals surface area contributed by atoms with Crippen LogP contribution in [0.5, 0.6) is 0 Å². The SMILES string of the molecule is CC1(C)Nc2ccccc2N(CC(=O)N2CCCc3ccccc32)C1=O. The Balaban J connectivity index is 1.65. The fourth-order valence-electron chi connectivity index (χ4n) is 3.82. The molecule has 2 aliphatic rings. The van der Waals surface area contributed by atoms with Gasteiger partial charge in [0.25, 0.3) is 5.91 Å². The molecule has 0 bridgehead atoms. The van der Waals surface area contributed by atoms with Crippen molar-refractivity contribution >= 4 is 28.9 Å². The average molecular weight is 349 g/mol. The second-order valence-electron chi connectivity index (χ2n) is 7.44. The maximum Gasteiger partial charge on any atom is 0.252 e. The van der Waals surface area contributed by atoms with Crippen LogP contribution in [0.3, 0.4) is 0 Å². The van der Waals surface area contributed by atoms with Crippen molar-refractivity contribution in [3.05, 3.63) is 54.1 Å². The van der Waals surface area contributed by atoms with Gasteiger partial charge in [-0.1, -0.05) is 30.3 Å². The summed E-state index contributed by atoms with van der Waals surface area (Å²) in [5.41, 5.74) is 3.06. The van der Waals surface area contributed by atoms with Crippen molar-refractivity contribution in [3.8, 4) is 0 Å². The maximum absolute atomic E-state index is 13.1. The monoisotopic (exact) mass is 349 g/mol. The average Bonchev–Trinajstić information content (AvgIpc) is 2.64. The quantitative estimate of drug-likeness (QED) is 0.906. The molecule has 2 aromatic carbocycles. The summed E-state index contributed by atoms with van der Waals surface area (Å²) in [7, 11) is 0. The molecule has 5 nitrogen and oxygen atoms in total. The van der Waals surface area contributed by atoms with Crippen molar-refractivity contribution in [3.63, 3.8) is 0 Å². The van der Waals surface area contributed by atoms with E-state index in [2.05, 4.69) is 11.4 Å². The van der Waals surface area contributed by atoms with Crippen LogP contribution in [0.2, 0.25) is 0 Å². The van der Waals surface area contributed by atoms with Gasteiger partial charge in [-0.05, 0) is 50.5 Å². The Morgan fingerprint density at radius 1 is 1.08 bits per heavy atom. The minimum absolute atomic E-state index is 0.0435. The Bertz CT molecular complexity index is 875. The topological polar surface area (TPSA) is 52.7 Å². The van der Waals surface area contributed by atoms with E-state index in [4.69, 9.17) is 0 Å². The highest BCUT2D eigenvalue weighted by Gasteiger charge is 2.40. The predicted octanol–water partition coefficient (Wildman–Crippen LogP) is 3.20. The largest absolute Gasteiger partial charge is 0.370 e. The van der Waals surface area contributed by atoms with E-state index in [1.54, 1.807) is 4.90 Å². The molecule has 134 valence electrons. The fraction of sp³-hybridized carbons (Fsp3) is 0.333. The maximum atomic E-state index is 13.1. The van der Waals surface area contributed by atoms with Gasteiger partial charge in [0.15, 0.2) is 0 Å². The molecule has 0 saturated heterocycles. The van der Waals surface area contributed by atoms with E-state index in [0.29, 0.717) is 6.54 Å². The number of nitrogens with one attached hydrogen (secondary N) is 1. The molecule has 2 aromatic rings. The van der Waals surface area contributed by atoms with Crippen LogP contribution in [0.1, 0.15) is 25.8 Å². The standard InChI is InChI=1S/C21H23N3O2/c1-21(2)20(26)24(18-12-6-4-10-16(18)22-21)14-19(25)23-13-7-9-15-8-3-5-11-17(15)23/h3-6,8,10-12,22H,7,9,13-14H2,1-2H3. The lowest BCUT2D eigenvalue weighted by Crippen LogP contribution is -2.56. The fourth-order valence-corrected chi connectivity index (χ4v) is 3.82. The van der Waals surface area contributed by atoms with Crippen LogP contribution in [0.4, 0.5) is 17.1 Å². The van der Waals surface area contributed by atoms with Crippen LogP contribution in [0, 0.1) is 0 Å². The van der Waals surface area contributed by atoms with Gasteiger partial charge >= 0.3 is 0 Å². The van der Waals surface area contributed by atoms with Crippen LogP contribution in [0.25, 0.3) is 0 Å². The van der Waals surface area contributed by atoms with Crippen molar-refractivity contribution in [1.29, 1.82) is 0 Å². The van der Waals surface area contributed by atoms with E-state index in [-0.39, 0.29) is 18.4 Å². The number of anilines is 3. The Morgan fingerprint density at radius 2 is 1.77 bits per heavy atom. The Kier molecular flexibility index (Phi) is 3.94. The van der Waals surface area contributed by atoms with Crippen LogP contribution in [-0.4, -0.2) is 30.4 Å². The molecule has 2 amide bonds. The number of para-hydroxylation sites is 3. The van der Waals surface area contributed by atoms with Gasteiger partial charge in [-0.3, -0.25) is 14.5 Å². The molecule has 1 N–H and O–H groups in total. The molecular weight excluding hydrogens is 326 g/mol. The molecule has 2 aliphatic heterocycles. The van der Waals surface area contributed by atoms with Crippen LogP contribution >= 0.6 is 0 Å². The Morgan fingerprint density at radius 3 is 2.58 bits per heavy atom. The van der Waals surface area contributed by atoms with E-state index in [0.717, 1.165) is 29.9 Å². The molecule has 0 atom stereocenters. The third-order valence-corrected chi connectivity index (χ3v) is 5.13. The summed E-state index contributed by atoms with van der Waals surface area (Å²) < 4.78 is 0. The van der Waals surface area contributed by atoms with Crippen LogP contribution in [0.15, 0.2) is 48.5 Å². The number of rotatable bonds is 2. The molecule has 2 heterocycles. The van der Waals surface area contributed by atoms with Gasteiger partial charge in [0.05, 0.1) is 11.4 Å². The lowest BCUT2D eigenvalue weighted by molar-refractivity contribution is -0.125. The van der Waals surface area contributed by atoms with Gasteiger partial charge in [0.1, 0.15) is 12.1 Å². The summed E-state index contributed by atoms with van der Waals surface area (Å²) in [6.45, 7) is 4.44. The van der Waals surface area contributed by atoms with E-state index >= 15 is 0 Å². The smallest absolute Gasteiger partial charge is 0.252 e. The molecular formula is C21H23N3O2. The minimum Gasteiger partial charge on any atom is -0.370 e. The Hall–Kier alpha value is -2.82. The summed E-state index contributed by atoms with van der Waals surface area (Å²) in [5, 5.41) is 3.27. The van der Waals surface area contributed by atoms with Gasteiger partial charge in [-0.2, -0.15) is 0 Å². The van der Waals surface area contributed by atoms with Gasteiger partial charge < -0.3 is 10.2 Å². The lowest BCUT2D eigenvalue weighted by atomic mass is 9.97. The predicted molar refractivity (Wildman–Crippen MR) is 104 cm³/mol. The summed E-state index contributed by atoms with van der Waals surface area (Å²) in [5.74, 6) is -0.132. The summed E-state index contributed by atoms with van der Waals surface area (Å²) in [6, 6.07) is 15.7. The van der Waals surface area contributed by atoms with Crippen molar-refractivity contribution in [2.45, 2.75) is 32.2 Å². The zero-order chi connectivity index (χ0) is 18.3. The highest BCUT2D eigenvalue weighted by atomic mass is 16.2. The number of fused-ring (bicyclic) bond motifs is 2. The third kappa shape index (κ3) is 2.73. The van der Waals surface area contributed by atoms with Gasteiger partial charge in [-0.15, -0.1) is 0 Å². The van der Waals surface area contributed by atoms with Gasteiger partial charge in [0.2, 0.25) is 5.91 Å². The van der Waals surface area contributed by atoms with Crippen LogP contribution in [-0.2, 0) is 16.0 Å². The number of nitrogens with zero attached hydrogens (tertiary/aromatic N) is 2. The molecule has 0 spiro atoms. The minimum atomic E-state index is -0.742. The van der Waals surface area contributed by atoms with Crippen LogP contribution < -0.4 is 15.1 Å². The molecule has 0 saturated carbocycles. The first kappa shape index (κ1) is 16.6. The summed E-state index contributed by atoms with van der Waals surface area (Å²) >= 11 is 0. The Labute approximate surface area is 153 Å². The van der Waals surface area contributed by atoms with Crippen molar-refractivity contribution < 1.29 is 9.59 Å². The lowest BCUT2D eigenvalue weighted by Gasteiger charge is -2.40. The number of amides is 2. The number of aryl methyl sites for hydroxylation is 1. The zero-order valence-electron chi connectivity index (χ0n) is 15.2. The van der Waals surface area contributed by atoms with Crippen molar-refractivity contribution in [2.24, 2.45) is 0 Å². The molecule has 0 aromatic heterocycles. The zero-order valence-corrected chi connectivity index (χ0v) is 15.2. The molecule has 4 rings (SSSR count). The molecule has 0 fully saturated rings. The van der Waals surface area contributed by atoms with Crippen molar-refractivity contribution in [2.75, 3.05) is 28.2 Å². The number of hydrogen-bond donors (Lipinski definition) is 1. The highest BCUT2D eigenvalue weighted by Crippen LogP contribution is 2.35. The molecule has 0 aliphatic carbocycles. The van der Waals surface area contributed by atoms with Gasteiger partial charge in [0, 0.05) is 12.2 Å². The molecule has 5 heteroatoms. The van der Waals surface area contributed by atoms with Gasteiger partial charge in [-0.25, -0.2) is 0 Å². The number of carbonyl (C=O) groups is 2. The first-order chi connectivity index (χ1) is 12.5. The summed E-state index contributed by atoms with van der Waals surface area (Å²) in [6.07, 6.45) is 1.93. The van der Waals surface area contributed by atoms with Crippen molar-refractivity contribution in [1.82, 2.24) is 0 Å². The molecule has 26 heavy (non-hydrogen) atoms. The van der Waals surface area contributed by atoms with E-state index in [1.807, 2.05) is 61.2 Å². The number of benzene rings is 2. The van der Waals surface area contributed by atoms with E-state index in [9.17, 15) is 9.59 Å². The second kappa shape index (κ2) is 6.16. The van der Waals surface area contributed by atoms with E-state index < -0.39 is 5.54 Å². The van der Waals surface area contributed by atoms with E-state index in [1.165, 1.54) is 5.56 Å². The normalized spacial score (nSPS) is 18.0. The first-order valence-corrected chi connectivity index (χ1v) is 9.05. The number of hydrogen-bond acceptors (Lipinski definition) is 3. The second-order valence-corrected chi connectivity index (χ2v) is 7.44. The molecule has 0 radical (unpaired) electrons. The summed E-state index contributed by atoms with van der Waals surface area (Å²) in [4.78, 5) is 29.5.